The van der Waals surface area contributed by atoms with Crippen LogP contribution in [0.5, 0.6) is 0 Å². The van der Waals surface area contributed by atoms with Gasteiger partial charge in [-0.15, -0.1) is 0 Å². The van der Waals surface area contributed by atoms with Gasteiger partial charge < -0.3 is 5.43 Å². The number of sulfonamides is 1. The van der Waals surface area contributed by atoms with Gasteiger partial charge in [0, 0.05) is 19.3 Å². The molecule has 0 saturated carbocycles. The SMILES string of the molecule is CSCCC(C)N(C)S(=O)(=O)c1cccnc1NN. The molecule has 6 nitrogen and oxygen atoms in total. The second kappa shape index (κ2) is 7.09. The number of anilines is 1. The predicted octanol–water partition coefficient (Wildman–Crippen LogP) is 1.13. The van der Waals surface area contributed by atoms with Crippen molar-refractivity contribution in [2.45, 2.75) is 24.3 Å². The molecule has 1 unspecified atom stereocenters. The van der Waals surface area contributed by atoms with Crippen LogP contribution >= 0.6 is 11.8 Å². The Kier molecular flexibility index (Phi) is 6.05. The zero-order chi connectivity index (χ0) is 14.5. The standard InChI is InChI=1S/C11H20N4O2S2/c1-9(6-8-18-3)15(2)19(16,17)10-5-4-7-13-11(10)14-12/h4-5,7,9H,6,8,12H2,1-3H3,(H,13,14). The number of hydrogen-bond donors (Lipinski definition) is 2. The van der Waals surface area contributed by atoms with Gasteiger partial charge in [-0.25, -0.2) is 19.2 Å². The van der Waals surface area contributed by atoms with Crippen molar-refractivity contribution in [2.24, 2.45) is 5.84 Å². The van der Waals surface area contributed by atoms with Crippen LogP contribution in [0.25, 0.3) is 0 Å². The maximum absolute atomic E-state index is 12.5. The molecular weight excluding hydrogens is 284 g/mol. The normalized spacial score (nSPS) is 13.5. The molecule has 0 aliphatic heterocycles. The first-order valence-corrected chi connectivity index (χ1v) is 8.67. The third-order valence-corrected chi connectivity index (χ3v) is 5.57. The molecule has 1 rings (SSSR count). The van der Waals surface area contributed by atoms with Crippen molar-refractivity contribution in [3.63, 3.8) is 0 Å². The Labute approximate surface area is 118 Å². The zero-order valence-corrected chi connectivity index (χ0v) is 13.0. The van der Waals surface area contributed by atoms with Crippen molar-refractivity contribution in [2.75, 3.05) is 24.5 Å². The molecule has 0 amide bonds. The first-order chi connectivity index (χ1) is 8.95. The van der Waals surface area contributed by atoms with E-state index in [4.69, 9.17) is 5.84 Å². The van der Waals surface area contributed by atoms with Crippen LogP contribution in [0.3, 0.4) is 0 Å². The minimum Gasteiger partial charge on any atom is -0.307 e. The lowest BCUT2D eigenvalue weighted by atomic mass is 10.3. The number of nitrogen functional groups attached to an aromatic ring is 1. The molecule has 108 valence electrons. The molecule has 1 aromatic rings. The monoisotopic (exact) mass is 304 g/mol. The van der Waals surface area contributed by atoms with E-state index in [9.17, 15) is 8.42 Å². The fraction of sp³-hybridized carbons (Fsp3) is 0.545. The molecule has 0 saturated heterocycles. The summed E-state index contributed by atoms with van der Waals surface area (Å²) in [6, 6.07) is 2.99. The summed E-state index contributed by atoms with van der Waals surface area (Å²) in [7, 11) is -2.02. The van der Waals surface area contributed by atoms with Gasteiger partial charge in [0.2, 0.25) is 10.0 Å². The first kappa shape index (κ1) is 16.2. The van der Waals surface area contributed by atoms with E-state index in [2.05, 4.69) is 10.4 Å². The lowest BCUT2D eigenvalue weighted by Gasteiger charge is -2.24. The van der Waals surface area contributed by atoms with Crippen LogP contribution in [0.1, 0.15) is 13.3 Å². The minimum atomic E-state index is -3.59. The highest BCUT2D eigenvalue weighted by Gasteiger charge is 2.27. The van der Waals surface area contributed by atoms with Gasteiger partial charge in [-0.1, -0.05) is 0 Å². The maximum Gasteiger partial charge on any atom is 0.246 e. The highest BCUT2D eigenvalue weighted by molar-refractivity contribution is 7.98. The van der Waals surface area contributed by atoms with Crippen molar-refractivity contribution in [1.82, 2.24) is 9.29 Å². The van der Waals surface area contributed by atoms with Crippen LogP contribution in [-0.4, -0.2) is 42.8 Å². The van der Waals surface area contributed by atoms with E-state index in [1.807, 2.05) is 13.2 Å². The number of nitrogens with one attached hydrogen (secondary N) is 1. The van der Waals surface area contributed by atoms with Gasteiger partial charge in [-0.05, 0) is 37.5 Å². The summed E-state index contributed by atoms with van der Waals surface area (Å²) in [5.41, 5.74) is 2.32. The van der Waals surface area contributed by atoms with Crippen molar-refractivity contribution in [3.05, 3.63) is 18.3 Å². The third kappa shape index (κ3) is 3.82. The molecule has 1 aromatic heterocycles. The third-order valence-electron chi connectivity index (χ3n) is 2.92. The number of rotatable bonds is 7. The number of hydrogen-bond acceptors (Lipinski definition) is 6. The number of nitrogens with zero attached hydrogens (tertiary/aromatic N) is 2. The number of hydrazine groups is 1. The lowest BCUT2D eigenvalue weighted by Crippen LogP contribution is -2.36. The number of thioether (sulfide) groups is 1. The van der Waals surface area contributed by atoms with E-state index in [0.29, 0.717) is 0 Å². The first-order valence-electron chi connectivity index (χ1n) is 5.83. The van der Waals surface area contributed by atoms with Crippen LogP contribution in [0, 0.1) is 0 Å². The van der Waals surface area contributed by atoms with Gasteiger partial charge >= 0.3 is 0 Å². The van der Waals surface area contributed by atoms with Crippen LogP contribution in [0.4, 0.5) is 5.82 Å². The number of aromatic nitrogens is 1. The predicted molar refractivity (Wildman–Crippen MR) is 79.5 cm³/mol. The summed E-state index contributed by atoms with van der Waals surface area (Å²) in [4.78, 5) is 4.01. The van der Waals surface area contributed by atoms with E-state index in [0.717, 1.165) is 12.2 Å². The van der Waals surface area contributed by atoms with E-state index < -0.39 is 10.0 Å². The fourth-order valence-electron chi connectivity index (χ4n) is 1.57. The molecule has 0 aliphatic rings. The highest BCUT2D eigenvalue weighted by Crippen LogP contribution is 2.23. The summed E-state index contributed by atoms with van der Waals surface area (Å²) in [6.45, 7) is 1.89. The summed E-state index contributed by atoms with van der Waals surface area (Å²) >= 11 is 1.70. The summed E-state index contributed by atoms with van der Waals surface area (Å²) in [5.74, 6) is 6.38. The Morgan fingerprint density at radius 3 is 2.84 bits per heavy atom. The average molecular weight is 304 g/mol. The highest BCUT2D eigenvalue weighted by atomic mass is 32.2. The quantitative estimate of drug-likeness (QED) is 0.580. The molecule has 0 bridgehead atoms. The van der Waals surface area contributed by atoms with Crippen LogP contribution in [-0.2, 0) is 10.0 Å². The molecular formula is C11H20N4O2S2. The maximum atomic E-state index is 12.5. The Morgan fingerprint density at radius 1 is 1.58 bits per heavy atom. The average Bonchev–Trinajstić information content (AvgIpc) is 2.43. The Morgan fingerprint density at radius 2 is 2.26 bits per heavy atom. The molecule has 0 aromatic carbocycles. The molecule has 0 aliphatic carbocycles. The number of nitrogens with two attached hydrogens (primary N) is 1. The van der Waals surface area contributed by atoms with Gasteiger partial charge in [0.05, 0.1) is 0 Å². The van der Waals surface area contributed by atoms with Gasteiger partial charge in [0.1, 0.15) is 4.90 Å². The zero-order valence-electron chi connectivity index (χ0n) is 11.3. The fourth-order valence-corrected chi connectivity index (χ4v) is 3.64. The minimum absolute atomic E-state index is 0.0803. The Bertz CT molecular complexity index is 507. The van der Waals surface area contributed by atoms with E-state index in [1.165, 1.54) is 16.6 Å². The Hall–Kier alpha value is -0.830. The van der Waals surface area contributed by atoms with Gasteiger partial charge in [-0.3, -0.25) is 0 Å². The van der Waals surface area contributed by atoms with Crippen molar-refractivity contribution in [3.8, 4) is 0 Å². The van der Waals surface area contributed by atoms with Crippen LogP contribution in [0.2, 0.25) is 0 Å². The molecule has 19 heavy (non-hydrogen) atoms. The van der Waals surface area contributed by atoms with Crippen LogP contribution in [0.15, 0.2) is 23.2 Å². The van der Waals surface area contributed by atoms with E-state index in [-0.39, 0.29) is 16.8 Å². The van der Waals surface area contributed by atoms with Crippen molar-refractivity contribution >= 4 is 27.6 Å². The smallest absolute Gasteiger partial charge is 0.246 e. The largest absolute Gasteiger partial charge is 0.307 e. The van der Waals surface area contributed by atoms with Crippen molar-refractivity contribution < 1.29 is 8.42 Å². The van der Waals surface area contributed by atoms with Crippen LogP contribution < -0.4 is 11.3 Å². The Balaban J connectivity index is 3.03. The molecule has 3 N–H and O–H groups in total. The second-order valence-corrected chi connectivity index (χ2v) is 7.10. The molecule has 0 spiro atoms. The van der Waals surface area contributed by atoms with Gasteiger partial charge in [0.15, 0.2) is 5.82 Å². The van der Waals surface area contributed by atoms with E-state index in [1.54, 1.807) is 24.9 Å². The second-order valence-electron chi connectivity index (χ2n) is 4.15. The number of pyridine rings is 1. The lowest BCUT2D eigenvalue weighted by molar-refractivity contribution is 0.382. The van der Waals surface area contributed by atoms with Gasteiger partial charge in [0.25, 0.3) is 0 Å². The van der Waals surface area contributed by atoms with E-state index >= 15 is 0 Å². The molecule has 8 heteroatoms. The summed E-state index contributed by atoms with van der Waals surface area (Å²) in [6.07, 6.45) is 4.28. The molecule has 1 atom stereocenters. The molecule has 0 radical (unpaired) electrons. The van der Waals surface area contributed by atoms with Crippen molar-refractivity contribution in [1.29, 1.82) is 0 Å². The molecule has 1 heterocycles. The molecule has 0 fully saturated rings. The summed E-state index contributed by atoms with van der Waals surface area (Å²) < 4.78 is 26.4. The van der Waals surface area contributed by atoms with Gasteiger partial charge in [-0.2, -0.15) is 16.1 Å². The topological polar surface area (TPSA) is 88.3 Å². The summed E-state index contributed by atoms with van der Waals surface area (Å²) in [5, 5.41) is 0.